The molecule has 0 spiro atoms. The highest BCUT2D eigenvalue weighted by molar-refractivity contribution is 4.85. The molecule has 0 radical (unpaired) electrons. The van der Waals surface area contributed by atoms with Crippen LogP contribution in [0.3, 0.4) is 0 Å². The van der Waals surface area contributed by atoms with E-state index in [1.54, 1.807) is 0 Å². The quantitative estimate of drug-likeness (QED) is 0.366. The van der Waals surface area contributed by atoms with E-state index < -0.39 is 0 Å². The molecule has 0 saturated carbocycles. The zero-order chi connectivity index (χ0) is 13.6. The molecule has 0 aliphatic carbocycles. The lowest BCUT2D eigenvalue weighted by Gasteiger charge is -2.19. The molecular formula is C18H34. The van der Waals surface area contributed by atoms with Crippen LogP contribution >= 0.6 is 0 Å². The topological polar surface area (TPSA) is 0 Å². The van der Waals surface area contributed by atoms with Crippen LogP contribution in [0.15, 0.2) is 24.3 Å². The predicted molar refractivity (Wildman–Crippen MR) is 84.9 cm³/mol. The zero-order valence-corrected chi connectivity index (χ0v) is 13.1. The first-order valence-corrected chi connectivity index (χ1v) is 8.02. The highest BCUT2D eigenvalue weighted by atomic mass is 14.2. The Labute approximate surface area is 116 Å². The van der Waals surface area contributed by atoms with E-state index in [1.807, 2.05) is 0 Å². The molecule has 0 amide bonds. The maximum atomic E-state index is 2.38. The number of allylic oxidation sites excluding steroid dienone is 4. The molecule has 0 aromatic rings. The number of rotatable bonds is 11. The van der Waals surface area contributed by atoms with E-state index in [1.165, 1.54) is 51.4 Å². The fourth-order valence-electron chi connectivity index (χ4n) is 2.24. The highest BCUT2D eigenvalue weighted by Gasteiger charge is 2.11. The van der Waals surface area contributed by atoms with Gasteiger partial charge in [0.05, 0.1) is 0 Å². The van der Waals surface area contributed by atoms with E-state index in [2.05, 4.69) is 52.0 Å². The molecule has 0 heteroatoms. The summed E-state index contributed by atoms with van der Waals surface area (Å²) in [4.78, 5) is 0. The van der Waals surface area contributed by atoms with Gasteiger partial charge in [0, 0.05) is 0 Å². The lowest BCUT2D eigenvalue weighted by atomic mass is 9.87. The molecule has 0 bridgehead atoms. The maximum Gasteiger partial charge on any atom is -0.0348 e. The van der Waals surface area contributed by atoms with E-state index in [9.17, 15) is 0 Å². The molecule has 0 fully saturated rings. The normalized spacial score (nSPS) is 12.6. The molecule has 0 nitrogen and oxygen atoms in total. The third-order valence-electron chi connectivity index (χ3n) is 3.60. The molecule has 0 unspecified atom stereocenters. The monoisotopic (exact) mass is 250 g/mol. The molecule has 0 rings (SSSR count). The van der Waals surface area contributed by atoms with E-state index in [0.29, 0.717) is 0 Å². The van der Waals surface area contributed by atoms with Crippen LogP contribution in [-0.2, 0) is 0 Å². The van der Waals surface area contributed by atoms with Crippen LogP contribution in [0.1, 0.15) is 79.1 Å². The van der Waals surface area contributed by atoms with Crippen LogP contribution < -0.4 is 0 Å². The fourth-order valence-corrected chi connectivity index (χ4v) is 2.24. The van der Waals surface area contributed by atoms with Crippen molar-refractivity contribution in [3.63, 3.8) is 0 Å². The Morgan fingerprint density at radius 3 is 1.39 bits per heavy atom. The van der Waals surface area contributed by atoms with Gasteiger partial charge in [-0.05, 0) is 50.4 Å². The molecule has 0 aliphatic heterocycles. The van der Waals surface area contributed by atoms with Crippen LogP contribution in [0.2, 0.25) is 0 Å². The molecule has 18 heavy (non-hydrogen) atoms. The first-order valence-electron chi connectivity index (χ1n) is 8.02. The van der Waals surface area contributed by atoms with Crippen molar-refractivity contribution in [1.82, 2.24) is 0 Å². The minimum absolute atomic E-state index is 0.823. The van der Waals surface area contributed by atoms with E-state index in [0.717, 1.165) is 11.8 Å². The Bertz CT molecular complexity index is 190. The van der Waals surface area contributed by atoms with Crippen LogP contribution in [0.5, 0.6) is 0 Å². The van der Waals surface area contributed by atoms with Gasteiger partial charge in [-0.15, -0.1) is 0 Å². The third-order valence-corrected chi connectivity index (χ3v) is 3.60. The lowest BCUT2D eigenvalue weighted by Crippen LogP contribution is -2.08. The molecule has 0 saturated heterocycles. The standard InChI is InChI=1S/C18H34/c1-5-7-9-11-13-15-18(17(3)4)16-14-12-10-8-6-2/h9-12,17-18H,5-8,13-16H2,1-4H3/b11-9+,12-10+. The second-order valence-corrected chi connectivity index (χ2v) is 5.68. The van der Waals surface area contributed by atoms with Crippen LogP contribution in [0.25, 0.3) is 0 Å². The lowest BCUT2D eigenvalue weighted by molar-refractivity contribution is 0.341. The molecule has 0 aromatic heterocycles. The molecule has 0 heterocycles. The van der Waals surface area contributed by atoms with Crippen LogP contribution in [-0.4, -0.2) is 0 Å². The van der Waals surface area contributed by atoms with E-state index in [-0.39, 0.29) is 0 Å². The number of hydrogen-bond donors (Lipinski definition) is 0. The van der Waals surface area contributed by atoms with Gasteiger partial charge in [-0.3, -0.25) is 0 Å². The van der Waals surface area contributed by atoms with Crippen molar-refractivity contribution in [2.75, 3.05) is 0 Å². The number of unbranched alkanes of at least 4 members (excludes halogenated alkanes) is 2. The van der Waals surface area contributed by atoms with Gasteiger partial charge in [0.2, 0.25) is 0 Å². The van der Waals surface area contributed by atoms with Gasteiger partial charge < -0.3 is 0 Å². The smallest absolute Gasteiger partial charge is 0.0348 e. The summed E-state index contributed by atoms with van der Waals surface area (Å²) >= 11 is 0. The zero-order valence-electron chi connectivity index (χ0n) is 13.1. The summed E-state index contributed by atoms with van der Waals surface area (Å²) in [7, 11) is 0. The highest BCUT2D eigenvalue weighted by Crippen LogP contribution is 2.23. The van der Waals surface area contributed by atoms with Crippen molar-refractivity contribution in [3.05, 3.63) is 24.3 Å². The molecule has 0 aromatic carbocycles. The van der Waals surface area contributed by atoms with Gasteiger partial charge in [-0.2, -0.15) is 0 Å². The summed E-state index contributed by atoms with van der Waals surface area (Å²) in [6.07, 6.45) is 19.7. The van der Waals surface area contributed by atoms with Crippen molar-refractivity contribution in [2.45, 2.75) is 79.1 Å². The fraction of sp³-hybridized carbons (Fsp3) is 0.778. The molecule has 0 aliphatic rings. The summed E-state index contributed by atoms with van der Waals surface area (Å²) in [5.41, 5.74) is 0. The minimum Gasteiger partial charge on any atom is -0.0885 e. The minimum atomic E-state index is 0.823. The Kier molecular flexibility index (Phi) is 12.6. The third kappa shape index (κ3) is 10.6. The summed E-state index contributed by atoms with van der Waals surface area (Å²) in [6.45, 7) is 9.22. The maximum absolute atomic E-state index is 2.38. The Balaban J connectivity index is 3.78. The predicted octanol–water partition coefficient (Wildman–Crippen LogP) is 6.53. The SMILES string of the molecule is CCC/C=C/CCC(CC/C=C/CCC)C(C)C. The van der Waals surface area contributed by atoms with Crippen LogP contribution in [0, 0.1) is 11.8 Å². The van der Waals surface area contributed by atoms with Gasteiger partial charge in [0.1, 0.15) is 0 Å². The van der Waals surface area contributed by atoms with Crippen molar-refractivity contribution < 1.29 is 0 Å². The van der Waals surface area contributed by atoms with Crippen molar-refractivity contribution in [2.24, 2.45) is 11.8 Å². The largest absolute Gasteiger partial charge is 0.0885 e. The average molecular weight is 250 g/mol. The Hall–Kier alpha value is -0.520. The second kappa shape index (κ2) is 12.9. The van der Waals surface area contributed by atoms with Crippen molar-refractivity contribution in [1.29, 1.82) is 0 Å². The summed E-state index contributed by atoms with van der Waals surface area (Å²) in [5, 5.41) is 0. The molecule has 106 valence electrons. The molecular weight excluding hydrogens is 216 g/mol. The van der Waals surface area contributed by atoms with Gasteiger partial charge in [0.15, 0.2) is 0 Å². The molecule has 0 atom stereocenters. The van der Waals surface area contributed by atoms with Crippen molar-refractivity contribution >= 4 is 0 Å². The van der Waals surface area contributed by atoms with Gasteiger partial charge in [-0.1, -0.05) is 64.8 Å². The van der Waals surface area contributed by atoms with Crippen molar-refractivity contribution in [3.8, 4) is 0 Å². The van der Waals surface area contributed by atoms with Gasteiger partial charge in [0.25, 0.3) is 0 Å². The van der Waals surface area contributed by atoms with E-state index in [4.69, 9.17) is 0 Å². The first-order chi connectivity index (χ1) is 8.72. The summed E-state index contributed by atoms with van der Waals surface area (Å²) < 4.78 is 0. The number of hydrogen-bond acceptors (Lipinski definition) is 0. The molecule has 0 N–H and O–H groups in total. The summed E-state index contributed by atoms with van der Waals surface area (Å²) in [5.74, 6) is 1.71. The van der Waals surface area contributed by atoms with E-state index >= 15 is 0 Å². The second-order valence-electron chi connectivity index (χ2n) is 5.68. The van der Waals surface area contributed by atoms with Gasteiger partial charge >= 0.3 is 0 Å². The average Bonchev–Trinajstić information content (AvgIpc) is 2.35. The first kappa shape index (κ1) is 17.5. The Morgan fingerprint density at radius 1 is 0.667 bits per heavy atom. The van der Waals surface area contributed by atoms with Gasteiger partial charge in [-0.25, -0.2) is 0 Å². The van der Waals surface area contributed by atoms with Crippen LogP contribution in [0.4, 0.5) is 0 Å². The Morgan fingerprint density at radius 2 is 1.06 bits per heavy atom. The summed E-state index contributed by atoms with van der Waals surface area (Å²) in [6, 6.07) is 0.